The summed E-state index contributed by atoms with van der Waals surface area (Å²) in [6, 6.07) is 2.44. The van der Waals surface area contributed by atoms with Gasteiger partial charge in [0.05, 0.1) is 6.07 Å². The van der Waals surface area contributed by atoms with Crippen LogP contribution in [0, 0.1) is 17.2 Å². The smallest absolute Gasteiger partial charge is 0.106 e. The van der Waals surface area contributed by atoms with Crippen LogP contribution in [0.2, 0.25) is 0 Å². The lowest BCUT2D eigenvalue weighted by Crippen LogP contribution is -2.41. The van der Waals surface area contributed by atoms with Crippen molar-refractivity contribution in [2.45, 2.75) is 51.5 Å². The van der Waals surface area contributed by atoms with Gasteiger partial charge in [-0.2, -0.15) is 5.26 Å². The fourth-order valence-electron chi connectivity index (χ4n) is 1.91. The van der Waals surface area contributed by atoms with Crippen LogP contribution in [-0.2, 0) is 0 Å². The second kappa shape index (κ2) is 4.62. The van der Waals surface area contributed by atoms with Gasteiger partial charge in [0, 0.05) is 0 Å². The predicted molar refractivity (Wildman–Crippen MR) is 54.3 cm³/mol. The standard InChI is InChI=1S/C11H20N2/c1-10(2)5-8-13-11(9-12)6-3-4-7-11/h10,13H,3-8H2,1-2H3. The number of hydrogen-bond acceptors (Lipinski definition) is 2. The third-order valence-electron chi connectivity index (χ3n) is 2.86. The number of nitriles is 1. The van der Waals surface area contributed by atoms with Crippen LogP contribution in [0.4, 0.5) is 0 Å². The van der Waals surface area contributed by atoms with Gasteiger partial charge in [0.2, 0.25) is 0 Å². The Morgan fingerprint density at radius 1 is 1.38 bits per heavy atom. The van der Waals surface area contributed by atoms with Gasteiger partial charge in [-0.15, -0.1) is 0 Å². The highest BCUT2D eigenvalue weighted by molar-refractivity contribution is 5.09. The molecule has 1 saturated carbocycles. The molecule has 0 bridgehead atoms. The van der Waals surface area contributed by atoms with Crippen molar-refractivity contribution in [3.63, 3.8) is 0 Å². The Labute approximate surface area is 81.3 Å². The van der Waals surface area contributed by atoms with E-state index < -0.39 is 0 Å². The first-order chi connectivity index (χ1) is 6.18. The average molecular weight is 180 g/mol. The van der Waals surface area contributed by atoms with Crippen molar-refractivity contribution in [3.05, 3.63) is 0 Å². The molecule has 0 unspecified atom stereocenters. The first-order valence-electron chi connectivity index (χ1n) is 5.35. The highest BCUT2D eigenvalue weighted by Gasteiger charge is 2.32. The molecule has 0 saturated heterocycles. The van der Waals surface area contributed by atoms with Gasteiger partial charge in [-0.3, -0.25) is 5.32 Å². The molecule has 0 aromatic rings. The van der Waals surface area contributed by atoms with Crippen LogP contribution in [0.25, 0.3) is 0 Å². The molecule has 1 aliphatic rings. The molecule has 1 N–H and O–H groups in total. The first kappa shape index (κ1) is 10.5. The molecule has 0 spiro atoms. The summed E-state index contributed by atoms with van der Waals surface area (Å²) in [6.45, 7) is 5.43. The molecule has 1 aliphatic carbocycles. The zero-order valence-electron chi connectivity index (χ0n) is 8.77. The van der Waals surface area contributed by atoms with Crippen LogP contribution in [0.5, 0.6) is 0 Å². The van der Waals surface area contributed by atoms with Crippen molar-refractivity contribution in [1.29, 1.82) is 5.26 Å². The molecule has 13 heavy (non-hydrogen) atoms. The SMILES string of the molecule is CC(C)CCNC1(C#N)CCCC1. The maximum atomic E-state index is 9.07. The molecular weight excluding hydrogens is 160 g/mol. The maximum absolute atomic E-state index is 9.07. The lowest BCUT2D eigenvalue weighted by Gasteiger charge is -2.22. The van der Waals surface area contributed by atoms with Gasteiger partial charge in [-0.05, 0) is 31.7 Å². The fourth-order valence-corrected chi connectivity index (χ4v) is 1.91. The number of nitrogens with one attached hydrogen (secondary N) is 1. The molecule has 0 amide bonds. The molecule has 0 aromatic carbocycles. The quantitative estimate of drug-likeness (QED) is 0.721. The van der Waals surface area contributed by atoms with E-state index in [0.717, 1.165) is 25.3 Å². The van der Waals surface area contributed by atoms with Gasteiger partial charge in [0.15, 0.2) is 0 Å². The van der Waals surface area contributed by atoms with Crippen LogP contribution in [0.1, 0.15) is 46.0 Å². The molecular formula is C11H20N2. The molecule has 0 radical (unpaired) electrons. The van der Waals surface area contributed by atoms with Crippen molar-refractivity contribution < 1.29 is 0 Å². The van der Waals surface area contributed by atoms with E-state index in [1.165, 1.54) is 19.3 Å². The molecule has 2 heteroatoms. The van der Waals surface area contributed by atoms with Crippen LogP contribution >= 0.6 is 0 Å². The van der Waals surface area contributed by atoms with Crippen LogP contribution in [-0.4, -0.2) is 12.1 Å². The summed E-state index contributed by atoms with van der Waals surface area (Å²) in [7, 11) is 0. The van der Waals surface area contributed by atoms with Crippen LogP contribution in [0.15, 0.2) is 0 Å². The second-order valence-corrected chi connectivity index (χ2v) is 4.51. The molecule has 2 nitrogen and oxygen atoms in total. The molecule has 74 valence electrons. The Kier molecular flexibility index (Phi) is 3.74. The highest BCUT2D eigenvalue weighted by atomic mass is 15.0. The normalized spacial score (nSPS) is 20.5. The topological polar surface area (TPSA) is 35.8 Å². The summed E-state index contributed by atoms with van der Waals surface area (Å²) in [5.74, 6) is 0.727. The van der Waals surface area contributed by atoms with E-state index in [4.69, 9.17) is 5.26 Å². The molecule has 0 heterocycles. The van der Waals surface area contributed by atoms with Gasteiger partial charge in [-0.1, -0.05) is 26.7 Å². The molecule has 1 rings (SSSR count). The van der Waals surface area contributed by atoms with Crippen molar-refractivity contribution in [2.24, 2.45) is 5.92 Å². The summed E-state index contributed by atoms with van der Waals surface area (Å²) >= 11 is 0. The van der Waals surface area contributed by atoms with E-state index in [9.17, 15) is 0 Å². The zero-order chi connectivity index (χ0) is 9.73. The van der Waals surface area contributed by atoms with Crippen molar-refractivity contribution >= 4 is 0 Å². The van der Waals surface area contributed by atoms with E-state index in [0.29, 0.717) is 0 Å². The Balaban J connectivity index is 2.29. The Bertz CT molecular complexity index is 185. The number of rotatable bonds is 4. The molecule has 0 aliphatic heterocycles. The fraction of sp³-hybridized carbons (Fsp3) is 0.909. The number of hydrogen-bond donors (Lipinski definition) is 1. The Hall–Kier alpha value is -0.550. The van der Waals surface area contributed by atoms with Gasteiger partial charge in [0.1, 0.15) is 5.54 Å². The lowest BCUT2D eigenvalue weighted by molar-refractivity contribution is 0.400. The second-order valence-electron chi connectivity index (χ2n) is 4.51. The van der Waals surface area contributed by atoms with E-state index in [1.807, 2.05) is 0 Å². The minimum Gasteiger partial charge on any atom is -0.299 e. The molecule has 0 atom stereocenters. The van der Waals surface area contributed by atoms with Crippen LogP contribution in [0.3, 0.4) is 0 Å². The molecule has 0 aromatic heterocycles. The van der Waals surface area contributed by atoms with Crippen molar-refractivity contribution in [3.8, 4) is 6.07 Å². The summed E-state index contributed by atoms with van der Waals surface area (Å²) in [5, 5.41) is 12.5. The minimum atomic E-state index is -0.172. The predicted octanol–water partition coefficient (Wildman–Crippen LogP) is 2.46. The summed E-state index contributed by atoms with van der Waals surface area (Å²) < 4.78 is 0. The molecule has 1 fully saturated rings. The van der Waals surface area contributed by atoms with Crippen LogP contribution < -0.4 is 5.32 Å². The van der Waals surface area contributed by atoms with E-state index in [1.54, 1.807) is 0 Å². The van der Waals surface area contributed by atoms with Gasteiger partial charge in [-0.25, -0.2) is 0 Å². The van der Waals surface area contributed by atoms with E-state index in [2.05, 4.69) is 25.2 Å². The monoisotopic (exact) mass is 180 g/mol. The first-order valence-corrected chi connectivity index (χ1v) is 5.35. The highest BCUT2D eigenvalue weighted by Crippen LogP contribution is 2.28. The van der Waals surface area contributed by atoms with E-state index in [-0.39, 0.29) is 5.54 Å². The summed E-state index contributed by atoms with van der Waals surface area (Å²) in [4.78, 5) is 0. The van der Waals surface area contributed by atoms with Gasteiger partial charge in [0.25, 0.3) is 0 Å². The minimum absolute atomic E-state index is 0.172. The maximum Gasteiger partial charge on any atom is 0.106 e. The van der Waals surface area contributed by atoms with Gasteiger partial charge < -0.3 is 0 Å². The van der Waals surface area contributed by atoms with E-state index >= 15 is 0 Å². The van der Waals surface area contributed by atoms with Crippen molar-refractivity contribution in [2.75, 3.05) is 6.54 Å². The largest absolute Gasteiger partial charge is 0.299 e. The number of nitrogens with zero attached hydrogens (tertiary/aromatic N) is 1. The Morgan fingerprint density at radius 2 is 2.00 bits per heavy atom. The Morgan fingerprint density at radius 3 is 2.46 bits per heavy atom. The van der Waals surface area contributed by atoms with Gasteiger partial charge >= 0.3 is 0 Å². The average Bonchev–Trinajstić information content (AvgIpc) is 2.53. The third-order valence-corrected chi connectivity index (χ3v) is 2.86. The third kappa shape index (κ3) is 3.00. The summed E-state index contributed by atoms with van der Waals surface area (Å²) in [6.07, 6.45) is 5.68. The van der Waals surface area contributed by atoms with Crippen molar-refractivity contribution in [1.82, 2.24) is 5.32 Å². The summed E-state index contributed by atoms with van der Waals surface area (Å²) in [5.41, 5.74) is -0.172. The lowest BCUT2D eigenvalue weighted by atomic mass is 9.99. The zero-order valence-corrected chi connectivity index (χ0v) is 8.77.